The van der Waals surface area contributed by atoms with Crippen LogP contribution in [0, 0.1) is 0 Å². The van der Waals surface area contributed by atoms with E-state index in [0.29, 0.717) is 5.75 Å². The van der Waals surface area contributed by atoms with Gasteiger partial charge in [-0.25, -0.2) is 9.59 Å². The van der Waals surface area contributed by atoms with Gasteiger partial charge < -0.3 is 19.5 Å². The Bertz CT molecular complexity index is 1120. The molecule has 3 aromatic carbocycles. The van der Waals surface area contributed by atoms with Crippen LogP contribution in [-0.2, 0) is 9.53 Å². The Morgan fingerprint density at radius 1 is 0.848 bits per heavy atom. The van der Waals surface area contributed by atoms with E-state index in [1.807, 2.05) is 30.3 Å². The van der Waals surface area contributed by atoms with Crippen LogP contribution in [-0.4, -0.2) is 47.4 Å². The first-order chi connectivity index (χ1) is 16.1. The van der Waals surface area contributed by atoms with Crippen LogP contribution in [0.3, 0.4) is 0 Å². The third kappa shape index (κ3) is 3.93. The van der Waals surface area contributed by atoms with E-state index in [0.717, 1.165) is 11.1 Å². The number of ether oxygens (including phenoxy) is 2. The van der Waals surface area contributed by atoms with Crippen molar-refractivity contribution in [3.8, 4) is 16.9 Å². The van der Waals surface area contributed by atoms with E-state index >= 15 is 0 Å². The molecule has 5 rings (SSSR count). The average molecular weight is 443 g/mol. The highest BCUT2D eigenvalue weighted by atomic mass is 16.6. The van der Waals surface area contributed by atoms with Crippen LogP contribution < -0.4 is 4.74 Å². The number of hydrogen-bond acceptors (Lipinski definition) is 4. The number of hydrogen-bond donors (Lipinski definition) is 1. The summed E-state index contributed by atoms with van der Waals surface area (Å²) in [7, 11) is 0. The molecule has 1 aliphatic carbocycles. The average Bonchev–Trinajstić information content (AvgIpc) is 3.17. The summed E-state index contributed by atoms with van der Waals surface area (Å²) in [5.74, 6) is -0.515. The standard InChI is InChI=1S/C27H25NO5/c29-25(30)27(33-19-8-2-1-3-9-19)14-16-28(17-15-27)26(31)32-18-24-22-12-6-4-10-20(22)21-11-5-7-13-23(21)24/h1-13,24H,14-18H2,(H,29,30). The molecule has 0 saturated carbocycles. The molecule has 168 valence electrons. The number of amides is 1. The topological polar surface area (TPSA) is 76.1 Å². The second-order valence-electron chi connectivity index (χ2n) is 8.51. The molecule has 1 fully saturated rings. The Labute approximate surface area is 192 Å². The van der Waals surface area contributed by atoms with Crippen molar-refractivity contribution in [2.24, 2.45) is 0 Å². The molecule has 0 radical (unpaired) electrons. The molecule has 0 bridgehead atoms. The van der Waals surface area contributed by atoms with Crippen LogP contribution in [0.5, 0.6) is 5.75 Å². The molecule has 6 nitrogen and oxygen atoms in total. The minimum atomic E-state index is -1.35. The predicted octanol–water partition coefficient (Wildman–Crippen LogP) is 4.93. The van der Waals surface area contributed by atoms with E-state index in [2.05, 4.69) is 24.3 Å². The van der Waals surface area contributed by atoms with Gasteiger partial charge in [0.1, 0.15) is 12.4 Å². The van der Waals surface area contributed by atoms with Gasteiger partial charge >= 0.3 is 12.1 Å². The fourth-order valence-corrected chi connectivity index (χ4v) is 4.81. The molecule has 3 aromatic rings. The number of carbonyl (C=O) groups excluding carboxylic acids is 1. The van der Waals surface area contributed by atoms with Crippen LogP contribution in [0.1, 0.15) is 29.9 Å². The highest BCUT2D eigenvalue weighted by Crippen LogP contribution is 2.44. The van der Waals surface area contributed by atoms with Crippen molar-refractivity contribution in [2.45, 2.75) is 24.4 Å². The number of carboxylic acids is 1. The maximum Gasteiger partial charge on any atom is 0.409 e. The lowest BCUT2D eigenvalue weighted by Crippen LogP contribution is -2.54. The highest BCUT2D eigenvalue weighted by molar-refractivity contribution is 5.80. The van der Waals surface area contributed by atoms with Crippen molar-refractivity contribution in [3.63, 3.8) is 0 Å². The zero-order valence-electron chi connectivity index (χ0n) is 18.1. The summed E-state index contributed by atoms with van der Waals surface area (Å²) in [6, 6.07) is 25.3. The van der Waals surface area contributed by atoms with E-state index in [1.165, 1.54) is 11.1 Å². The van der Waals surface area contributed by atoms with Crippen LogP contribution >= 0.6 is 0 Å². The molecule has 0 unspecified atom stereocenters. The zero-order chi connectivity index (χ0) is 22.8. The predicted molar refractivity (Wildman–Crippen MR) is 123 cm³/mol. The van der Waals surface area contributed by atoms with Crippen LogP contribution in [0.4, 0.5) is 4.79 Å². The van der Waals surface area contributed by atoms with Gasteiger partial charge in [-0.3, -0.25) is 0 Å². The first-order valence-electron chi connectivity index (χ1n) is 11.1. The van der Waals surface area contributed by atoms with Crippen LogP contribution in [0.25, 0.3) is 11.1 Å². The van der Waals surface area contributed by atoms with Crippen LogP contribution in [0.15, 0.2) is 78.9 Å². The summed E-state index contributed by atoms with van der Waals surface area (Å²) in [5.41, 5.74) is 3.33. The van der Waals surface area contributed by atoms with Crippen molar-refractivity contribution in [1.82, 2.24) is 4.90 Å². The summed E-state index contributed by atoms with van der Waals surface area (Å²) in [5, 5.41) is 9.85. The molecule has 1 heterocycles. The molecule has 2 aliphatic rings. The number of aliphatic carboxylic acids is 1. The fraction of sp³-hybridized carbons (Fsp3) is 0.259. The summed E-state index contributed by atoms with van der Waals surface area (Å²) in [6.45, 7) is 0.763. The van der Waals surface area contributed by atoms with E-state index in [-0.39, 0.29) is 38.5 Å². The van der Waals surface area contributed by atoms with Gasteiger partial charge in [-0.15, -0.1) is 0 Å². The van der Waals surface area contributed by atoms with Gasteiger partial charge in [0.25, 0.3) is 0 Å². The Morgan fingerprint density at radius 2 is 1.39 bits per heavy atom. The number of carbonyl (C=O) groups is 2. The maximum atomic E-state index is 12.8. The Morgan fingerprint density at radius 3 is 1.97 bits per heavy atom. The maximum absolute atomic E-state index is 12.8. The molecular weight excluding hydrogens is 418 g/mol. The zero-order valence-corrected chi connectivity index (χ0v) is 18.1. The van der Waals surface area contributed by atoms with E-state index in [4.69, 9.17) is 9.47 Å². The van der Waals surface area contributed by atoms with E-state index in [1.54, 1.807) is 29.2 Å². The van der Waals surface area contributed by atoms with E-state index in [9.17, 15) is 14.7 Å². The van der Waals surface area contributed by atoms with Gasteiger partial charge in [0.2, 0.25) is 5.60 Å². The summed E-state index contributed by atoms with van der Waals surface area (Å²) < 4.78 is 11.6. The van der Waals surface area contributed by atoms with Crippen LogP contribution in [0.2, 0.25) is 0 Å². The summed E-state index contributed by atoms with van der Waals surface area (Å²) in [6.07, 6.45) is -0.0291. The third-order valence-electron chi connectivity index (χ3n) is 6.61. The normalized spacial score (nSPS) is 16.5. The van der Waals surface area contributed by atoms with Gasteiger partial charge in [-0.2, -0.15) is 0 Å². The van der Waals surface area contributed by atoms with Crippen molar-refractivity contribution in [2.75, 3.05) is 19.7 Å². The number of para-hydroxylation sites is 1. The molecule has 0 spiro atoms. The lowest BCUT2D eigenvalue weighted by molar-refractivity contribution is -0.159. The second kappa shape index (κ2) is 8.62. The van der Waals surface area contributed by atoms with Gasteiger partial charge in [0.15, 0.2) is 0 Å². The van der Waals surface area contributed by atoms with Gasteiger partial charge in [-0.05, 0) is 34.4 Å². The van der Waals surface area contributed by atoms with E-state index < -0.39 is 17.7 Å². The Hall–Kier alpha value is -3.80. The molecule has 0 aromatic heterocycles. The van der Waals surface area contributed by atoms with Crippen molar-refractivity contribution < 1.29 is 24.2 Å². The van der Waals surface area contributed by atoms with Crippen molar-refractivity contribution in [3.05, 3.63) is 90.0 Å². The Balaban J connectivity index is 1.24. The molecule has 1 amide bonds. The van der Waals surface area contributed by atoms with Gasteiger partial charge in [0.05, 0.1) is 0 Å². The number of carboxylic acid groups (broad SMARTS) is 1. The number of likely N-dealkylation sites (tertiary alicyclic amines) is 1. The number of piperidine rings is 1. The fourth-order valence-electron chi connectivity index (χ4n) is 4.81. The van der Waals surface area contributed by atoms with Gasteiger partial charge in [-0.1, -0.05) is 66.7 Å². The quantitative estimate of drug-likeness (QED) is 0.605. The van der Waals surface area contributed by atoms with Crippen molar-refractivity contribution in [1.29, 1.82) is 0 Å². The first-order valence-corrected chi connectivity index (χ1v) is 11.1. The Kier molecular flexibility index (Phi) is 5.50. The number of benzene rings is 3. The summed E-state index contributed by atoms with van der Waals surface area (Å²) in [4.78, 5) is 26.4. The number of nitrogens with zero attached hydrogens (tertiary/aromatic N) is 1. The number of rotatable bonds is 5. The molecule has 1 N–H and O–H groups in total. The minimum Gasteiger partial charge on any atom is -0.478 e. The number of fused-ring (bicyclic) bond motifs is 3. The molecule has 33 heavy (non-hydrogen) atoms. The SMILES string of the molecule is O=C(OCC1c2ccccc2-c2ccccc21)N1CCC(Oc2ccccc2)(C(=O)O)CC1. The molecular formula is C27H25NO5. The smallest absolute Gasteiger partial charge is 0.409 e. The molecule has 1 saturated heterocycles. The second-order valence-corrected chi connectivity index (χ2v) is 8.51. The molecule has 0 atom stereocenters. The first kappa shape index (κ1) is 21.1. The molecule has 1 aliphatic heterocycles. The molecule has 6 heteroatoms. The monoisotopic (exact) mass is 443 g/mol. The van der Waals surface area contributed by atoms with Crippen molar-refractivity contribution >= 4 is 12.1 Å². The lowest BCUT2D eigenvalue weighted by atomic mass is 9.91. The third-order valence-corrected chi connectivity index (χ3v) is 6.61. The highest BCUT2D eigenvalue weighted by Gasteiger charge is 2.45. The lowest BCUT2D eigenvalue weighted by Gasteiger charge is -2.38. The van der Waals surface area contributed by atoms with Gasteiger partial charge in [0, 0.05) is 31.8 Å². The largest absolute Gasteiger partial charge is 0.478 e. The minimum absolute atomic E-state index is 0.00864. The summed E-state index contributed by atoms with van der Waals surface area (Å²) >= 11 is 0.